The predicted octanol–water partition coefficient (Wildman–Crippen LogP) is 4.24. The predicted molar refractivity (Wildman–Crippen MR) is 85.7 cm³/mol. The van der Waals surface area contributed by atoms with Gasteiger partial charge in [-0.15, -0.1) is 11.3 Å². The first-order valence-electron chi connectivity index (χ1n) is 6.55. The third-order valence-electron chi connectivity index (χ3n) is 3.14. The first-order chi connectivity index (χ1) is 10.2. The minimum atomic E-state index is 0.0714. The normalized spacial score (nSPS) is 10.5. The molecule has 0 aliphatic heterocycles. The number of Topliss-reactive ketones (excluding diaryl/α,β-unsaturated/α-hetero) is 1. The molecular formula is C17H13ClNOS+. The lowest BCUT2D eigenvalue weighted by molar-refractivity contribution is -0.682. The van der Waals surface area contributed by atoms with Gasteiger partial charge in [-0.2, -0.15) is 4.57 Å². The molecule has 0 aliphatic rings. The molecule has 104 valence electrons. The second-order valence-corrected chi connectivity index (χ2v) is 6.37. The van der Waals surface area contributed by atoms with Crippen LogP contribution in [0.4, 0.5) is 0 Å². The van der Waals surface area contributed by atoms with E-state index < -0.39 is 0 Å². The zero-order chi connectivity index (χ0) is 14.7. The summed E-state index contributed by atoms with van der Waals surface area (Å²) in [6, 6.07) is 17.6. The van der Waals surface area contributed by atoms with Crippen molar-refractivity contribution in [2.45, 2.75) is 6.54 Å². The van der Waals surface area contributed by atoms with Crippen molar-refractivity contribution in [2.75, 3.05) is 0 Å². The van der Waals surface area contributed by atoms with E-state index in [0.29, 0.717) is 15.8 Å². The van der Waals surface area contributed by atoms with Crippen LogP contribution >= 0.6 is 22.9 Å². The van der Waals surface area contributed by atoms with Gasteiger partial charge < -0.3 is 0 Å². The van der Waals surface area contributed by atoms with Gasteiger partial charge in [-0.1, -0.05) is 41.9 Å². The van der Waals surface area contributed by atoms with Crippen LogP contribution in [0.25, 0.3) is 11.1 Å². The molecule has 0 N–H and O–H groups in total. The Morgan fingerprint density at radius 3 is 2.48 bits per heavy atom. The molecule has 0 amide bonds. The van der Waals surface area contributed by atoms with Crippen molar-refractivity contribution < 1.29 is 9.36 Å². The van der Waals surface area contributed by atoms with Crippen molar-refractivity contribution in [3.8, 4) is 11.1 Å². The number of benzene rings is 1. The molecule has 0 saturated carbocycles. The van der Waals surface area contributed by atoms with Gasteiger partial charge in [-0.3, -0.25) is 4.79 Å². The Morgan fingerprint density at radius 1 is 1.00 bits per heavy atom. The lowest BCUT2D eigenvalue weighted by atomic mass is 10.1. The monoisotopic (exact) mass is 314 g/mol. The van der Waals surface area contributed by atoms with E-state index in [9.17, 15) is 4.79 Å². The van der Waals surface area contributed by atoms with Gasteiger partial charge >= 0.3 is 0 Å². The van der Waals surface area contributed by atoms with Crippen LogP contribution in [0.2, 0.25) is 4.34 Å². The first kappa shape index (κ1) is 14.0. The maximum atomic E-state index is 12.2. The Bertz CT molecular complexity index is 767. The van der Waals surface area contributed by atoms with Gasteiger partial charge in [0.1, 0.15) is 0 Å². The average molecular weight is 315 g/mol. The highest BCUT2D eigenvalue weighted by molar-refractivity contribution is 7.18. The number of aromatic nitrogens is 1. The number of pyridine rings is 1. The summed E-state index contributed by atoms with van der Waals surface area (Å²) in [5, 5.41) is 0. The van der Waals surface area contributed by atoms with Gasteiger partial charge in [0, 0.05) is 11.6 Å². The number of halogens is 1. The second kappa shape index (κ2) is 6.20. The summed E-state index contributed by atoms with van der Waals surface area (Å²) in [5.41, 5.74) is 2.23. The largest absolute Gasteiger partial charge is 0.286 e. The highest BCUT2D eigenvalue weighted by Crippen LogP contribution is 2.22. The maximum Gasteiger partial charge on any atom is 0.237 e. The van der Waals surface area contributed by atoms with Crippen molar-refractivity contribution in [3.63, 3.8) is 0 Å². The van der Waals surface area contributed by atoms with Gasteiger partial charge in [0.2, 0.25) is 12.3 Å². The maximum absolute atomic E-state index is 12.2. The smallest absolute Gasteiger partial charge is 0.237 e. The Labute approximate surface area is 132 Å². The SMILES string of the molecule is O=C(C[n+]1cccc(-c2ccccc2)c1)c1ccc(Cl)s1. The molecule has 0 spiro atoms. The molecule has 2 nitrogen and oxygen atoms in total. The fourth-order valence-corrected chi connectivity index (χ4v) is 3.10. The topological polar surface area (TPSA) is 20.9 Å². The Balaban J connectivity index is 1.82. The van der Waals surface area contributed by atoms with Crippen molar-refractivity contribution in [1.82, 2.24) is 0 Å². The number of ketones is 1. The molecule has 0 fully saturated rings. The second-order valence-electron chi connectivity index (χ2n) is 4.66. The van der Waals surface area contributed by atoms with Crippen molar-refractivity contribution in [1.29, 1.82) is 0 Å². The number of thiophene rings is 1. The minimum absolute atomic E-state index is 0.0714. The number of carbonyl (C=O) groups is 1. The van der Waals surface area contributed by atoms with Crippen LogP contribution in [0.3, 0.4) is 0 Å². The highest BCUT2D eigenvalue weighted by Gasteiger charge is 2.14. The van der Waals surface area contributed by atoms with Crippen molar-refractivity contribution in [3.05, 3.63) is 76.2 Å². The first-order valence-corrected chi connectivity index (χ1v) is 7.75. The standard InChI is InChI=1S/C17H13ClNOS/c18-17-9-8-16(21-17)15(20)12-19-10-4-7-14(11-19)13-5-2-1-3-6-13/h1-11H,12H2/q+1. The van der Waals surface area contributed by atoms with Crippen LogP contribution < -0.4 is 4.57 Å². The van der Waals surface area contributed by atoms with E-state index in [2.05, 4.69) is 12.1 Å². The fourth-order valence-electron chi connectivity index (χ4n) is 2.13. The van der Waals surface area contributed by atoms with E-state index >= 15 is 0 Å². The van der Waals surface area contributed by atoms with Gasteiger partial charge in [0.25, 0.3) is 0 Å². The lowest BCUT2D eigenvalue weighted by Gasteiger charge is -2.00. The summed E-state index contributed by atoms with van der Waals surface area (Å²) < 4.78 is 2.54. The van der Waals surface area contributed by atoms with Crippen LogP contribution in [0.5, 0.6) is 0 Å². The van der Waals surface area contributed by atoms with E-state index in [4.69, 9.17) is 11.6 Å². The van der Waals surface area contributed by atoms with Crippen molar-refractivity contribution >= 4 is 28.7 Å². The molecule has 0 aliphatic carbocycles. The van der Waals surface area contributed by atoms with E-state index in [1.165, 1.54) is 11.3 Å². The van der Waals surface area contributed by atoms with Crippen LogP contribution in [-0.2, 0) is 6.54 Å². The summed E-state index contributed by atoms with van der Waals surface area (Å²) in [5.74, 6) is 0.0714. The van der Waals surface area contributed by atoms with E-state index in [1.807, 2.05) is 47.3 Å². The molecule has 1 aromatic carbocycles. The minimum Gasteiger partial charge on any atom is -0.286 e. The van der Waals surface area contributed by atoms with Crippen molar-refractivity contribution in [2.24, 2.45) is 0 Å². The fraction of sp³-hybridized carbons (Fsp3) is 0.0588. The Morgan fingerprint density at radius 2 is 1.76 bits per heavy atom. The summed E-state index contributed by atoms with van der Waals surface area (Å²) in [4.78, 5) is 12.9. The van der Waals surface area contributed by atoms with Crippen LogP contribution in [0.15, 0.2) is 67.0 Å². The third-order valence-corrected chi connectivity index (χ3v) is 4.41. The zero-order valence-corrected chi connectivity index (χ0v) is 12.8. The summed E-state index contributed by atoms with van der Waals surface area (Å²) >= 11 is 7.19. The number of hydrogen-bond acceptors (Lipinski definition) is 2. The Kier molecular flexibility index (Phi) is 4.13. The molecule has 0 unspecified atom stereocenters. The molecule has 0 saturated heterocycles. The zero-order valence-electron chi connectivity index (χ0n) is 11.2. The number of nitrogens with zero attached hydrogens (tertiary/aromatic N) is 1. The van der Waals surface area contributed by atoms with Gasteiger partial charge in [-0.25, -0.2) is 0 Å². The van der Waals surface area contributed by atoms with Gasteiger partial charge in [0.15, 0.2) is 12.4 Å². The average Bonchev–Trinajstić information content (AvgIpc) is 2.95. The number of rotatable bonds is 4. The molecule has 2 heterocycles. The van der Waals surface area contributed by atoms with Gasteiger partial charge in [-0.05, 0) is 23.8 Å². The van der Waals surface area contributed by atoms with E-state index in [1.54, 1.807) is 12.1 Å². The van der Waals surface area contributed by atoms with Crippen LogP contribution in [0, 0.1) is 0 Å². The van der Waals surface area contributed by atoms with E-state index in [-0.39, 0.29) is 5.78 Å². The summed E-state index contributed by atoms with van der Waals surface area (Å²) in [6.45, 7) is 0.317. The molecule has 4 heteroatoms. The van der Waals surface area contributed by atoms with Crippen LogP contribution in [0.1, 0.15) is 9.67 Å². The number of carbonyl (C=O) groups excluding carboxylic acids is 1. The molecular weight excluding hydrogens is 302 g/mol. The third kappa shape index (κ3) is 3.38. The quantitative estimate of drug-likeness (QED) is 0.521. The van der Waals surface area contributed by atoms with Crippen LogP contribution in [-0.4, -0.2) is 5.78 Å². The number of hydrogen-bond donors (Lipinski definition) is 0. The highest BCUT2D eigenvalue weighted by atomic mass is 35.5. The Hall–Kier alpha value is -1.97. The molecule has 0 bridgehead atoms. The molecule has 21 heavy (non-hydrogen) atoms. The molecule has 0 radical (unpaired) electrons. The van der Waals surface area contributed by atoms with E-state index in [0.717, 1.165) is 11.1 Å². The van der Waals surface area contributed by atoms with Gasteiger partial charge in [0.05, 0.1) is 9.21 Å². The molecule has 3 aromatic rings. The molecule has 3 rings (SSSR count). The molecule has 0 atom stereocenters. The lowest BCUT2D eigenvalue weighted by Crippen LogP contribution is -2.37. The summed E-state index contributed by atoms with van der Waals surface area (Å²) in [6.07, 6.45) is 3.89. The summed E-state index contributed by atoms with van der Waals surface area (Å²) in [7, 11) is 0. The molecule has 2 aromatic heterocycles.